The molecular formula is C7H11BINO2. The van der Waals surface area contributed by atoms with Gasteiger partial charge in [0.05, 0.1) is 6.10 Å². The normalized spacial score (nSPS) is 52.7. The molecule has 5 heteroatoms. The molecule has 2 heterocycles. The predicted octanol–water partition coefficient (Wildman–Crippen LogP) is -0.735. The van der Waals surface area contributed by atoms with Crippen LogP contribution in [0.2, 0.25) is 0 Å². The van der Waals surface area contributed by atoms with Crippen molar-refractivity contribution in [2.24, 2.45) is 5.92 Å². The number of hydrogen-bond donors (Lipinski definition) is 2. The maximum atomic E-state index is 9.88. The van der Waals surface area contributed by atoms with E-state index < -0.39 is 11.7 Å². The molecule has 2 unspecified atom stereocenters. The second-order valence-corrected chi connectivity index (χ2v) is 4.28. The van der Waals surface area contributed by atoms with Crippen LogP contribution in [0.25, 0.3) is 0 Å². The fraction of sp³-hybridized carbons (Fsp3) is 1.00. The molecule has 2 aliphatic heterocycles. The first-order chi connectivity index (χ1) is 5.69. The minimum Gasteiger partial charge on any atom is -0.390 e. The zero-order valence-electron chi connectivity index (χ0n) is 6.66. The summed E-state index contributed by atoms with van der Waals surface area (Å²) in [5.41, 5.74) is -0.428. The molecule has 0 aromatic heterocycles. The Labute approximate surface area is 86.8 Å². The molecule has 0 aliphatic carbocycles. The van der Waals surface area contributed by atoms with Gasteiger partial charge < -0.3 is 15.2 Å². The minimum atomic E-state index is -0.428. The van der Waals surface area contributed by atoms with Gasteiger partial charge in [0.15, 0.2) is 0 Å². The lowest BCUT2D eigenvalue weighted by molar-refractivity contribution is -0.0509. The summed E-state index contributed by atoms with van der Waals surface area (Å²) in [4.78, 5) is 0. The lowest BCUT2D eigenvalue weighted by Gasteiger charge is -2.35. The van der Waals surface area contributed by atoms with Crippen molar-refractivity contribution in [3.63, 3.8) is 0 Å². The number of nitrogens with one attached hydrogen (secondary N) is 1. The first kappa shape index (κ1) is 9.24. The average molecular weight is 279 g/mol. The maximum absolute atomic E-state index is 9.88. The van der Waals surface area contributed by atoms with Crippen LogP contribution in [-0.2, 0) is 4.74 Å². The number of aliphatic hydroxyl groups excluding tert-OH is 1. The molecule has 0 spiro atoms. The molecule has 2 aliphatic rings. The molecule has 2 saturated heterocycles. The van der Waals surface area contributed by atoms with Gasteiger partial charge in [0, 0.05) is 29.4 Å². The molecule has 0 saturated carbocycles. The first-order valence-corrected chi connectivity index (χ1v) is 5.60. The fourth-order valence-corrected chi connectivity index (χ4v) is 2.88. The highest BCUT2D eigenvalue weighted by molar-refractivity contribution is 14.1. The molecule has 0 aromatic rings. The zero-order chi connectivity index (χ0) is 8.77. The van der Waals surface area contributed by atoms with Gasteiger partial charge in [-0.1, -0.05) is 22.6 Å². The molecule has 2 rings (SSSR count). The Balaban J connectivity index is 2.24. The second kappa shape index (κ2) is 3.11. The molecule has 2 fully saturated rings. The molecule has 66 valence electrons. The van der Waals surface area contributed by atoms with Crippen molar-refractivity contribution in [2.75, 3.05) is 17.5 Å². The van der Waals surface area contributed by atoms with Gasteiger partial charge >= 0.3 is 0 Å². The highest BCUT2D eigenvalue weighted by Gasteiger charge is 2.53. The lowest BCUT2D eigenvalue weighted by Crippen LogP contribution is -2.56. The Hall–Kier alpha value is 0.675. The van der Waals surface area contributed by atoms with Gasteiger partial charge in [0.1, 0.15) is 13.4 Å². The molecule has 4 atom stereocenters. The third-order valence-corrected chi connectivity index (χ3v) is 4.06. The van der Waals surface area contributed by atoms with Crippen LogP contribution in [0.4, 0.5) is 0 Å². The number of hydrogen-bond acceptors (Lipinski definition) is 3. The molecule has 2 radical (unpaired) electrons. The zero-order valence-corrected chi connectivity index (χ0v) is 8.82. The van der Waals surface area contributed by atoms with Gasteiger partial charge in [-0.25, -0.2) is 0 Å². The summed E-state index contributed by atoms with van der Waals surface area (Å²) in [6, 6.07) is -0.301. The molecule has 3 nitrogen and oxygen atoms in total. The Bertz CT molecular complexity index is 194. The van der Waals surface area contributed by atoms with Crippen LogP contribution in [0, 0.1) is 5.92 Å². The van der Waals surface area contributed by atoms with Crippen molar-refractivity contribution in [1.82, 2.24) is 5.32 Å². The van der Waals surface area contributed by atoms with Crippen LogP contribution in [0.15, 0.2) is 0 Å². The van der Waals surface area contributed by atoms with Crippen LogP contribution in [0.1, 0.15) is 0 Å². The van der Waals surface area contributed by atoms with Crippen LogP contribution in [-0.4, -0.2) is 48.2 Å². The van der Waals surface area contributed by atoms with Crippen molar-refractivity contribution in [3.8, 4) is 0 Å². The lowest BCUT2D eigenvalue weighted by atomic mass is 9.80. The van der Waals surface area contributed by atoms with Gasteiger partial charge in [-0.3, -0.25) is 0 Å². The maximum Gasteiger partial charge on any atom is 0.115 e. The van der Waals surface area contributed by atoms with E-state index in [9.17, 15) is 5.11 Å². The molecule has 2 N–H and O–H groups in total. The summed E-state index contributed by atoms with van der Waals surface area (Å²) in [5, 5.41) is 13.1. The van der Waals surface area contributed by atoms with E-state index in [0.717, 1.165) is 11.0 Å². The van der Waals surface area contributed by atoms with Gasteiger partial charge in [-0.15, -0.1) is 0 Å². The average Bonchev–Trinajstić information content (AvgIpc) is 2.23. The summed E-state index contributed by atoms with van der Waals surface area (Å²) >= 11 is 2.23. The third-order valence-electron chi connectivity index (χ3n) is 2.77. The smallest absolute Gasteiger partial charge is 0.115 e. The summed E-state index contributed by atoms with van der Waals surface area (Å²) in [7, 11) is 5.75. The minimum absolute atomic E-state index is 0.0634. The van der Waals surface area contributed by atoms with Crippen molar-refractivity contribution >= 4 is 30.4 Å². The first-order valence-electron chi connectivity index (χ1n) is 4.08. The topological polar surface area (TPSA) is 41.5 Å². The number of aliphatic hydroxyl groups is 1. The highest BCUT2D eigenvalue weighted by Crippen LogP contribution is 2.37. The summed E-state index contributed by atoms with van der Waals surface area (Å²) < 4.78 is 6.37. The van der Waals surface area contributed by atoms with Crippen molar-refractivity contribution in [2.45, 2.75) is 17.7 Å². The SMILES string of the molecule is [B][C@@H]1O[C@]2(CI)CNCC1C2O. The number of fused-ring (bicyclic) bond motifs is 2. The molecule has 2 bridgehead atoms. The van der Waals surface area contributed by atoms with E-state index >= 15 is 0 Å². The second-order valence-electron chi connectivity index (χ2n) is 3.52. The van der Waals surface area contributed by atoms with Crippen molar-refractivity contribution in [3.05, 3.63) is 0 Å². The Morgan fingerprint density at radius 3 is 3.08 bits per heavy atom. The summed E-state index contributed by atoms with van der Waals surface area (Å²) in [6.45, 7) is 1.47. The molecule has 12 heavy (non-hydrogen) atoms. The fourth-order valence-electron chi connectivity index (χ4n) is 1.98. The van der Waals surface area contributed by atoms with E-state index in [4.69, 9.17) is 12.6 Å². The van der Waals surface area contributed by atoms with E-state index in [2.05, 4.69) is 27.9 Å². The van der Waals surface area contributed by atoms with Gasteiger partial charge in [-0.2, -0.15) is 0 Å². The third kappa shape index (κ3) is 1.13. The van der Waals surface area contributed by atoms with Crippen LogP contribution in [0.5, 0.6) is 0 Å². The van der Waals surface area contributed by atoms with Crippen LogP contribution < -0.4 is 5.32 Å². The van der Waals surface area contributed by atoms with Crippen LogP contribution >= 0.6 is 22.6 Å². The Kier molecular flexibility index (Phi) is 2.40. The number of rotatable bonds is 1. The quantitative estimate of drug-likeness (QED) is 0.377. The largest absolute Gasteiger partial charge is 0.390 e. The van der Waals surface area contributed by atoms with E-state index in [-0.39, 0.29) is 11.9 Å². The Morgan fingerprint density at radius 2 is 2.50 bits per heavy atom. The molecular weight excluding hydrogens is 268 g/mol. The van der Waals surface area contributed by atoms with E-state index in [1.807, 2.05) is 0 Å². The highest BCUT2D eigenvalue weighted by atomic mass is 127. The summed E-state index contributed by atoms with van der Waals surface area (Å²) in [5.74, 6) is 0.0634. The standard InChI is InChI=1S/C7H11BINO2/c8-6-4-1-10-3-7(2-9,12-6)5(4)11/h4-6,10-11H,1-3H2/t4?,5?,6-,7-/m1/s1. The molecule has 0 aromatic carbocycles. The van der Waals surface area contributed by atoms with Gasteiger partial charge in [0.2, 0.25) is 0 Å². The Morgan fingerprint density at radius 1 is 1.75 bits per heavy atom. The van der Waals surface area contributed by atoms with E-state index in [0.29, 0.717) is 6.54 Å². The van der Waals surface area contributed by atoms with Crippen molar-refractivity contribution < 1.29 is 9.84 Å². The number of ether oxygens (including phenoxy) is 1. The van der Waals surface area contributed by atoms with E-state index in [1.165, 1.54) is 0 Å². The van der Waals surface area contributed by atoms with Crippen LogP contribution in [0.3, 0.4) is 0 Å². The van der Waals surface area contributed by atoms with Gasteiger partial charge in [-0.05, 0) is 0 Å². The van der Waals surface area contributed by atoms with Gasteiger partial charge in [0.25, 0.3) is 0 Å². The number of halogens is 1. The number of alkyl halides is 1. The van der Waals surface area contributed by atoms with E-state index in [1.54, 1.807) is 0 Å². The predicted molar refractivity (Wildman–Crippen MR) is 54.6 cm³/mol. The summed E-state index contributed by atoms with van der Waals surface area (Å²) in [6.07, 6.45) is -0.398. The molecule has 0 amide bonds. The van der Waals surface area contributed by atoms with Crippen molar-refractivity contribution in [1.29, 1.82) is 0 Å². The monoisotopic (exact) mass is 279 g/mol. The number of piperidine rings is 1.